The summed E-state index contributed by atoms with van der Waals surface area (Å²) in [6, 6.07) is 14.8. The van der Waals surface area contributed by atoms with Gasteiger partial charge in [0.15, 0.2) is 11.6 Å². The SMILES string of the molecule is CCCCc1nc2c(N)nnc(N)c2n1Cc1ccc(-c2ccccc2C(=O)O)cc1. The van der Waals surface area contributed by atoms with Gasteiger partial charge in [-0.05, 0) is 29.2 Å². The second-order valence-electron chi connectivity index (χ2n) is 7.43. The number of nitrogens with two attached hydrogens (primary N) is 2. The number of aromatic carboxylic acids is 1. The molecule has 0 saturated carbocycles. The van der Waals surface area contributed by atoms with Gasteiger partial charge in [-0.2, -0.15) is 0 Å². The summed E-state index contributed by atoms with van der Waals surface area (Å²) in [5.41, 5.74) is 16.2. The minimum atomic E-state index is -0.945. The lowest BCUT2D eigenvalue weighted by Crippen LogP contribution is -2.08. The molecule has 2 aromatic heterocycles. The third-order valence-corrected chi connectivity index (χ3v) is 5.31. The molecule has 2 heterocycles. The lowest BCUT2D eigenvalue weighted by molar-refractivity contribution is 0.0697. The van der Waals surface area contributed by atoms with Crippen LogP contribution < -0.4 is 11.5 Å². The maximum absolute atomic E-state index is 11.5. The van der Waals surface area contributed by atoms with Crippen LogP contribution in [0.25, 0.3) is 22.2 Å². The first kappa shape index (κ1) is 20.3. The van der Waals surface area contributed by atoms with E-state index in [-0.39, 0.29) is 11.4 Å². The zero-order valence-electron chi connectivity index (χ0n) is 17.2. The average Bonchev–Trinajstić information content (AvgIpc) is 3.14. The predicted octanol–water partition coefficient (Wildman–Crippen LogP) is 3.75. The highest BCUT2D eigenvalue weighted by Crippen LogP contribution is 2.28. The molecule has 4 aromatic rings. The number of anilines is 2. The Kier molecular flexibility index (Phi) is 5.53. The number of imidazole rings is 1. The number of hydrogen-bond acceptors (Lipinski definition) is 6. The summed E-state index contributed by atoms with van der Waals surface area (Å²) in [6.45, 7) is 2.68. The first-order valence-electron chi connectivity index (χ1n) is 10.2. The van der Waals surface area contributed by atoms with Crippen molar-refractivity contribution in [3.63, 3.8) is 0 Å². The predicted molar refractivity (Wildman–Crippen MR) is 121 cm³/mol. The van der Waals surface area contributed by atoms with Crippen LogP contribution in [0.1, 0.15) is 41.5 Å². The average molecular weight is 416 g/mol. The first-order chi connectivity index (χ1) is 15.0. The van der Waals surface area contributed by atoms with Crippen LogP contribution in [0.5, 0.6) is 0 Å². The smallest absolute Gasteiger partial charge is 0.336 e. The zero-order chi connectivity index (χ0) is 22.0. The molecule has 8 heteroatoms. The summed E-state index contributed by atoms with van der Waals surface area (Å²) in [5.74, 6) is 0.512. The van der Waals surface area contributed by atoms with Gasteiger partial charge in [0, 0.05) is 13.0 Å². The van der Waals surface area contributed by atoms with Crippen molar-refractivity contribution in [3.05, 3.63) is 65.5 Å². The first-order valence-corrected chi connectivity index (χ1v) is 10.2. The van der Waals surface area contributed by atoms with Crippen LogP contribution in [0.2, 0.25) is 0 Å². The van der Waals surface area contributed by atoms with Crippen molar-refractivity contribution >= 4 is 28.6 Å². The topological polar surface area (TPSA) is 133 Å². The highest BCUT2D eigenvalue weighted by atomic mass is 16.4. The molecule has 2 aromatic carbocycles. The van der Waals surface area contributed by atoms with E-state index in [2.05, 4.69) is 17.1 Å². The number of unbranched alkanes of at least 4 members (excludes halogenated alkanes) is 1. The summed E-state index contributed by atoms with van der Waals surface area (Å²) in [7, 11) is 0. The number of hydrogen-bond donors (Lipinski definition) is 3. The summed E-state index contributed by atoms with van der Waals surface area (Å²) in [5, 5.41) is 17.3. The molecule has 0 radical (unpaired) electrons. The molecule has 0 aliphatic carbocycles. The maximum Gasteiger partial charge on any atom is 0.336 e. The standard InChI is InChI=1S/C23H24N6O2/c1-2-3-8-18-26-19-20(22(25)28-27-21(19)24)29(18)13-14-9-11-15(12-10-14)16-6-4-5-7-17(16)23(30)31/h4-7,9-12H,2-3,8,13H2,1H3,(H2,24,27)(H2,25,28)(H,30,31). The van der Waals surface area contributed by atoms with Gasteiger partial charge in [0.25, 0.3) is 0 Å². The van der Waals surface area contributed by atoms with Crippen molar-refractivity contribution < 1.29 is 9.90 Å². The molecule has 0 aliphatic heterocycles. The highest BCUT2D eigenvalue weighted by molar-refractivity contribution is 5.96. The number of nitrogen functional groups attached to an aromatic ring is 2. The molecule has 5 N–H and O–H groups in total. The Morgan fingerprint density at radius 1 is 1.03 bits per heavy atom. The van der Waals surface area contributed by atoms with Crippen molar-refractivity contribution in [1.82, 2.24) is 19.7 Å². The Morgan fingerprint density at radius 3 is 2.45 bits per heavy atom. The van der Waals surface area contributed by atoms with E-state index < -0.39 is 5.97 Å². The minimum Gasteiger partial charge on any atom is -0.478 e. The molecule has 8 nitrogen and oxygen atoms in total. The molecule has 0 amide bonds. The number of rotatable bonds is 7. The van der Waals surface area contributed by atoms with Gasteiger partial charge in [0.05, 0.1) is 5.56 Å². The normalized spacial score (nSPS) is 11.1. The van der Waals surface area contributed by atoms with Crippen LogP contribution in [0.15, 0.2) is 48.5 Å². The van der Waals surface area contributed by atoms with Crippen LogP contribution >= 0.6 is 0 Å². The Balaban J connectivity index is 1.72. The van der Waals surface area contributed by atoms with Gasteiger partial charge in [-0.25, -0.2) is 9.78 Å². The molecule has 0 atom stereocenters. The van der Waals surface area contributed by atoms with Gasteiger partial charge in [0.1, 0.15) is 16.9 Å². The number of benzene rings is 2. The van der Waals surface area contributed by atoms with E-state index in [0.29, 0.717) is 29.0 Å². The van der Waals surface area contributed by atoms with Gasteiger partial charge < -0.3 is 21.1 Å². The molecular formula is C23H24N6O2. The summed E-state index contributed by atoms with van der Waals surface area (Å²) < 4.78 is 2.05. The Bertz CT molecular complexity index is 1250. The quantitative estimate of drug-likeness (QED) is 0.418. The third-order valence-electron chi connectivity index (χ3n) is 5.31. The Labute approximate surface area is 179 Å². The summed E-state index contributed by atoms with van der Waals surface area (Å²) in [4.78, 5) is 16.2. The molecule has 0 spiro atoms. The molecule has 31 heavy (non-hydrogen) atoms. The Hall–Kier alpha value is -3.94. The number of fused-ring (bicyclic) bond motifs is 1. The molecule has 0 saturated heterocycles. The zero-order valence-corrected chi connectivity index (χ0v) is 17.2. The van der Waals surface area contributed by atoms with Crippen molar-refractivity contribution in [2.45, 2.75) is 32.7 Å². The Morgan fingerprint density at radius 2 is 1.74 bits per heavy atom. The minimum absolute atomic E-state index is 0.265. The van der Waals surface area contributed by atoms with Crippen LogP contribution in [-0.4, -0.2) is 30.8 Å². The monoisotopic (exact) mass is 416 g/mol. The van der Waals surface area contributed by atoms with E-state index in [1.54, 1.807) is 12.1 Å². The second-order valence-corrected chi connectivity index (χ2v) is 7.43. The molecule has 4 rings (SSSR count). The lowest BCUT2D eigenvalue weighted by Gasteiger charge is -2.11. The van der Waals surface area contributed by atoms with E-state index in [1.165, 1.54) is 0 Å². The van der Waals surface area contributed by atoms with Crippen molar-refractivity contribution in [1.29, 1.82) is 0 Å². The fraction of sp³-hybridized carbons (Fsp3) is 0.217. The molecule has 0 fully saturated rings. The van der Waals surface area contributed by atoms with Gasteiger partial charge in [-0.3, -0.25) is 0 Å². The van der Waals surface area contributed by atoms with Crippen LogP contribution in [-0.2, 0) is 13.0 Å². The lowest BCUT2D eigenvalue weighted by atomic mass is 9.99. The van der Waals surface area contributed by atoms with Gasteiger partial charge >= 0.3 is 5.97 Å². The van der Waals surface area contributed by atoms with E-state index in [1.807, 2.05) is 41.0 Å². The molecule has 0 unspecified atom stereocenters. The van der Waals surface area contributed by atoms with E-state index in [9.17, 15) is 9.90 Å². The number of carboxylic acids is 1. The number of aromatic nitrogens is 4. The highest BCUT2D eigenvalue weighted by Gasteiger charge is 2.18. The van der Waals surface area contributed by atoms with Crippen molar-refractivity contribution in [2.24, 2.45) is 0 Å². The molecule has 0 aliphatic rings. The van der Waals surface area contributed by atoms with Crippen LogP contribution in [0.3, 0.4) is 0 Å². The van der Waals surface area contributed by atoms with Crippen molar-refractivity contribution in [3.8, 4) is 11.1 Å². The molecular weight excluding hydrogens is 392 g/mol. The van der Waals surface area contributed by atoms with Gasteiger partial charge in [-0.1, -0.05) is 55.8 Å². The largest absolute Gasteiger partial charge is 0.478 e. The number of aryl methyl sites for hydroxylation is 1. The van der Waals surface area contributed by atoms with Gasteiger partial charge in [-0.15, -0.1) is 10.2 Å². The summed E-state index contributed by atoms with van der Waals surface area (Å²) in [6.07, 6.45) is 2.84. The van der Waals surface area contributed by atoms with E-state index in [0.717, 1.165) is 36.2 Å². The van der Waals surface area contributed by atoms with E-state index >= 15 is 0 Å². The fourth-order valence-corrected chi connectivity index (χ4v) is 3.73. The second kappa shape index (κ2) is 8.43. The number of carboxylic acid groups (broad SMARTS) is 1. The van der Waals surface area contributed by atoms with E-state index in [4.69, 9.17) is 16.5 Å². The molecule has 158 valence electrons. The molecule has 0 bridgehead atoms. The van der Waals surface area contributed by atoms with Crippen molar-refractivity contribution in [2.75, 3.05) is 11.5 Å². The summed E-state index contributed by atoms with van der Waals surface area (Å²) >= 11 is 0. The van der Waals surface area contributed by atoms with Gasteiger partial charge in [0.2, 0.25) is 0 Å². The van der Waals surface area contributed by atoms with Crippen LogP contribution in [0.4, 0.5) is 11.6 Å². The fourth-order valence-electron chi connectivity index (χ4n) is 3.73. The number of carbonyl (C=O) groups is 1. The van der Waals surface area contributed by atoms with Crippen LogP contribution in [0, 0.1) is 0 Å². The maximum atomic E-state index is 11.5. The third kappa shape index (κ3) is 3.92. The number of nitrogens with zero attached hydrogens (tertiary/aromatic N) is 4.